The maximum absolute atomic E-state index is 12.3. The molecule has 0 aliphatic heterocycles. The van der Waals surface area contributed by atoms with Crippen LogP contribution in [-0.2, 0) is 10.1 Å². The average Bonchev–Trinajstić information content (AvgIpc) is 2.46. The van der Waals surface area contributed by atoms with Gasteiger partial charge in [-0.15, -0.1) is 0 Å². The number of carbonyl (C=O) groups excluding carboxylic acids is 1. The largest absolute Gasteiger partial charge is 0.505 e. The third-order valence-electron chi connectivity index (χ3n) is 2.95. The van der Waals surface area contributed by atoms with E-state index >= 15 is 0 Å². The number of carbonyl (C=O) groups is 1. The summed E-state index contributed by atoms with van der Waals surface area (Å²) in [6.45, 7) is 0. The first-order chi connectivity index (χ1) is 9.86. The number of phenolic OH excluding ortho intramolecular Hbond substituents is 1. The van der Waals surface area contributed by atoms with Gasteiger partial charge in [0.2, 0.25) is 0 Å². The van der Waals surface area contributed by atoms with E-state index in [0.29, 0.717) is 5.56 Å². The number of ketones is 1. The van der Waals surface area contributed by atoms with E-state index in [4.69, 9.17) is 4.55 Å². The van der Waals surface area contributed by atoms with Gasteiger partial charge in [0, 0.05) is 12.6 Å². The Morgan fingerprint density at radius 1 is 1.10 bits per heavy atom. The number of anilines is 1. The highest BCUT2D eigenvalue weighted by Crippen LogP contribution is 2.35. The predicted octanol–water partition coefficient (Wildman–Crippen LogP) is 1.91. The smallest absolute Gasteiger partial charge is 0.296 e. The third kappa shape index (κ3) is 2.88. The van der Waals surface area contributed by atoms with Crippen molar-refractivity contribution in [3.05, 3.63) is 53.6 Å². The topological polar surface area (TPSA) is 104 Å². The van der Waals surface area contributed by atoms with Crippen molar-refractivity contribution in [3.63, 3.8) is 0 Å². The van der Waals surface area contributed by atoms with Crippen molar-refractivity contribution in [2.24, 2.45) is 0 Å². The average molecular weight is 307 g/mol. The number of nitrogens with one attached hydrogen (secondary N) is 1. The second-order valence-corrected chi connectivity index (χ2v) is 5.65. The molecule has 0 saturated heterocycles. The van der Waals surface area contributed by atoms with Crippen LogP contribution in [0, 0.1) is 0 Å². The lowest BCUT2D eigenvalue weighted by atomic mass is 10.0. The normalized spacial score (nSPS) is 11.1. The fourth-order valence-electron chi connectivity index (χ4n) is 1.96. The number of benzene rings is 2. The molecular formula is C14H13NO5S. The monoisotopic (exact) mass is 307 g/mol. The molecule has 0 unspecified atom stereocenters. The molecule has 2 aromatic rings. The molecule has 0 saturated carbocycles. The minimum absolute atomic E-state index is 0.0575. The summed E-state index contributed by atoms with van der Waals surface area (Å²) >= 11 is 0. The van der Waals surface area contributed by atoms with Crippen LogP contribution in [0.25, 0.3) is 0 Å². The Kier molecular flexibility index (Phi) is 3.97. The van der Waals surface area contributed by atoms with Crippen molar-refractivity contribution in [3.8, 4) is 5.75 Å². The number of hydrogen-bond acceptors (Lipinski definition) is 5. The van der Waals surface area contributed by atoms with Gasteiger partial charge < -0.3 is 10.4 Å². The molecule has 3 N–H and O–H groups in total. The standard InChI is InChI=1S/C14H13NO5S/c1-15-12-11(21(18,19)20)8-7-10(14(12)17)13(16)9-5-3-2-4-6-9/h2-8,15,17H,1H3,(H,18,19,20). The van der Waals surface area contributed by atoms with Gasteiger partial charge in [0.25, 0.3) is 10.1 Å². The first kappa shape index (κ1) is 15.0. The number of aromatic hydroxyl groups is 1. The molecule has 0 bridgehead atoms. The van der Waals surface area contributed by atoms with Gasteiger partial charge >= 0.3 is 0 Å². The molecule has 0 aromatic heterocycles. The second-order valence-electron chi connectivity index (χ2n) is 4.26. The Morgan fingerprint density at radius 3 is 2.24 bits per heavy atom. The lowest BCUT2D eigenvalue weighted by molar-refractivity contribution is 0.103. The van der Waals surface area contributed by atoms with Gasteiger partial charge in [0.15, 0.2) is 11.5 Å². The molecular weight excluding hydrogens is 294 g/mol. The van der Waals surface area contributed by atoms with Crippen LogP contribution in [0.3, 0.4) is 0 Å². The molecule has 0 spiro atoms. The van der Waals surface area contributed by atoms with Gasteiger partial charge in [-0.25, -0.2) is 0 Å². The van der Waals surface area contributed by atoms with Crippen molar-refractivity contribution in [2.75, 3.05) is 12.4 Å². The summed E-state index contributed by atoms with van der Waals surface area (Å²) < 4.78 is 31.6. The van der Waals surface area contributed by atoms with Gasteiger partial charge in [-0.05, 0) is 12.1 Å². The minimum atomic E-state index is -4.51. The van der Waals surface area contributed by atoms with E-state index in [1.54, 1.807) is 30.3 Å². The first-order valence-corrected chi connectivity index (χ1v) is 7.41. The maximum Gasteiger partial charge on any atom is 0.296 e. The zero-order valence-electron chi connectivity index (χ0n) is 11.1. The first-order valence-electron chi connectivity index (χ1n) is 5.97. The zero-order chi connectivity index (χ0) is 15.6. The number of hydrogen-bond donors (Lipinski definition) is 3. The molecule has 2 aromatic carbocycles. The third-order valence-corrected chi connectivity index (χ3v) is 3.84. The predicted molar refractivity (Wildman–Crippen MR) is 77.3 cm³/mol. The summed E-state index contributed by atoms with van der Waals surface area (Å²) in [5, 5.41) is 12.6. The number of rotatable bonds is 4. The van der Waals surface area contributed by atoms with E-state index in [1.165, 1.54) is 7.05 Å². The van der Waals surface area contributed by atoms with E-state index < -0.39 is 26.5 Å². The molecule has 0 radical (unpaired) electrons. The van der Waals surface area contributed by atoms with Crippen LogP contribution in [0.5, 0.6) is 5.75 Å². The van der Waals surface area contributed by atoms with E-state index in [9.17, 15) is 18.3 Å². The molecule has 7 heteroatoms. The molecule has 6 nitrogen and oxygen atoms in total. The molecule has 21 heavy (non-hydrogen) atoms. The van der Waals surface area contributed by atoms with Gasteiger partial charge in [0.1, 0.15) is 4.90 Å². The van der Waals surface area contributed by atoms with Crippen LogP contribution >= 0.6 is 0 Å². The molecule has 0 aliphatic carbocycles. The summed E-state index contributed by atoms with van der Waals surface area (Å²) in [5.41, 5.74) is 0.0756. The SMILES string of the molecule is CNc1c(S(=O)(=O)O)ccc(C(=O)c2ccccc2)c1O. The van der Waals surface area contributed by atoms with Crippen LogP contribution in [0.15, 0.2) is 47.4 Å². The van der Waals surface area contributed by atoms with Crippen molar-refractivity contribution >= 4 is 21.6 Å². The fraction of sp³-hybridized carbons (Fsp3) is 0.0714. The van der Waals surface area contributed by atoms with E-state index in [1.807, 2.05) is 0 Å². The van der Waals surface area contributed by atoms with Gasteiger partial charge in [-0.2, -0.15) is 8.42 Å². The van der Waals surface area contributed by atoms with Crippen molar-refractivity contribution in [1.82, 2.24) is 0 Å². The Hall–Kier alpha value is -2.38. The fourth-order valence-corrected chi connectivity index (χ4v) is 2.65. The minimum Gasteiger partial charge on any atom is -0.505 e. The summed E-state index contributed by atoms with van der Waals surface area (Å²) in [7, 11) is -3.13. The van der Waals surface area contributed by atoms with Crippen LogP contribution in [0.1, 0.15) is 15.9 Å². The van der Waals surface area contributed by atoms with Crippen LogP contribution in [0.2, 0.25) is 0 Å². The summed E-state index contributed by atoms with van der Waals surface area (Å²) in [6, 6.07) is 10.5. The lowest BCUT2D eigenvalue weighted by Crippen LogP contribution is -2.08. The molecule has 0 heterocycles. The van der Waals surface area contributed by atoms with Crippen molar-refractivity contribution < 1.29 is 22.9 Å². The van der Waals surface area contributed by atoms with Crippen molar-refractivity contribution in [1.29, 1.82) is 0 Å². The number of phenols is 1. The molecule has 0 atom stereocenters. The van der Waals surface area contributed by atoms with Crippen LogP contribution in [0.4, 0.5) is 5.69 Å². The Balaban J connectivity index is 2.61. The van der Waals surface area contributed by atoms with E-state index in [0.717, 1.165) is 12.1 Å². The van der Waals surface area contributed by atoms with Crippen molar-refractivity contribution in [2.45, 2.75) is 4.90 Å². The maximum atomic E-state index is 12.3. The summed E-state index contributed by atoms with van der Waals surface area (Å²) in [4.78, 5) is 11.8. The zero-order valence-corrected chi connectivity index (χ0v) is 11.9. The molecule has 2 rings (SSSR count). The highest BCUT2D eigenvalue weighted by molar-refractivity contribution is 7.86. The second kappa shape index (κ2) is 5.55. The molecule has 0 fully saturated rings. The highest BCUT2D eigenvalue weighted by atomic mass is 32.2. The van der Waals surface area contributed by atoms with Gasteiger partial charge in [0.05, 0.1) is 11.3 Å². The van der Waals surface area contributed by atoms with Gasteiger partial charge in [-0.1, -0.05) is 30.3 Å². The Labute approximate surface area is 121 Å². The Morgan fingerprint density at radius 2 is 1.71 bits per heavy atom. The van der Waals surface area contributed by atoms with Crippen LogP contribution in [-0.4, -0.2) is 30.9 Å². The highest BCUT2D eigenvalue weighted by Gasteiger charge is 2.23. The van der Waals surface area contributed by atoms with Gasteiger partial charge in [-0.3, -0.25) is 9.35 Å². The summed E-state index contributed by atoms with van der Waals surface area (Å²) in [5.74, 6) is -0.979. The molecule has 110 valence electrons. The Bertz CT molecular complexity index is 785. The quantitative estimate of drug-likeness (QED) is 0.453. The van der Waals surface area contributed by atoms with E-state index in [-0.39, 0.29) is 11.3 Å². The summed E-state index contributed by atoms with van der Waals surface area (Å²) in [6.07, 6.45) is 0. The van der Waals surface area contributed by atoms with Crippen LogP contribution < -0.4 is 5.32 Å². The molecule has 0 amide bonds. The molecule has 0 aliphatic rings. The van der Waals surface area contributed by atoms with E-state index in [2.05, 4.69) is 5.32 Å². The lowest BCUT2D eigenvalue weighted by Gasteiger charge is -2.12.